The summed E-state index contributed by atoms with van der Waals surface area (Å²) in [7, 11) is 5.12. The summed E-state index contributed by atoms with van der Waals surface area (Å²) in [5.74, 6) is 1.91. The third kappa shape index (κ3) is 1.97. The average Bonchev–Trinajstić information content (AvgIpc) is 3.14. The van der Waals surface area contributed by atoms with Gasteiger partial charge in [0.05, 0.1) is 11.1 Å². The SMILES string of the molecule is O=C(c1c(P)ccc2c1OCO2)c1c(P)ccc2c1OCO2. The molecule has 4 rings (SSSR count). The summed E-state index contributed by atoms with van der Waals surface area (Å²) in [6.45, 7) is 0.230. The number of rotatable bonds is 2. The second-order valence-electron chi connectivity index (χ2n) is 4.86. The van der Waals surface area contributed by atoms with E-state index in [1.807, 2.05) is 12.1 Å². The van der Waals surface area contributed by atoms with Gasteiger partial charge in [-0.15, -0.1) is 18.5 Å². The zero-order valence-electron chi connectivity index (χ0n) is 11.4. The van der Waals surface area contributed by atoms with Crippen molar-refractivity contribution in [3.05, 3.63) is 35.4 Å². The Labute approximate surface area is 131 Å². The maximum atomic E-state index is 13.1. The van der Waals surface area contributed by atoms with Crippen molar-refractivity contribution < 1.29 is 23.7 Å². The quantitative estimate of drug-likeness (QED) is 0.613. The minimum absolute atomic E-state index is 0.115. The van der Waals surface area contributed by atoms with Crippen LogP contribution in [-0.4, -0.2) is 19.4 Å². The van der Waals surface area contributed by atoms with Gasteiger partial charge in [0.15, 0.2) is 23.0 Å². The molecule has 5 nitrogen and oxygen atoms in total. The molecular weight excluding hydrogens is 322 g/mol. The predicted octanol–water partition coefficient (Wildman–Crippen LogP) is 1.38. The van der Waals surface area contributed by atoms with Gasteiger partial charge in [-0.1, -0.05) is 12.1 Å². The number of ketones is 1. The first-order chi connectivity index (χ1) is 10.7. The Morgan fingerprint density at radius 2 is 1.23 bits per heavy atom. The highest BCUT2D eigenvalue weighted by atomic mass is 31.0. The van der Waals surface area contributed by atoms with Gasteiger partial charge < -0.3 is 18.9 Å². The van der Waals surface area contributed by atoms with Crippen molar-refractivity contribution in [2.45, 2.75) is 0 Å². The second kappa shape index (κ2) is 5.12. The van der Waals surface area contributed by atoms with Crippen LogP contribution < -0.4 is 29.6 Å². The van der Waals surface area contributed by atoms with Gasteiger partial charge in [0.1, 0.15) is 0 Å². The maximum Gasteiger partial charge on any atom is 0.231 e. The molecule has 0 bridgehead atoms. The molecule has 0 saturated carbocycles. The molecule has 0 fully saturated rings. The van der Waals surface area contributed by atoms with Gasteiger partial charge in [0.25, 0.3) is 0 Å². The van der Waals surface area contributed by atoms with E-state index in [1.165, 1.54) is 0 Å². The van der Waals surface area contributed by atoms with E-state index in [-0.39, 0.29) is 19.4 Å². The number of carbonyl (C=O) groups excluding carboxylic acids is 1. The molecule has 2 aliphatic heterocycles. The largest absolute Gasteiger partial charge is 0.454 e. The summed E-state index contributed by atoms with van der Waals surface area (Å²) in [6, 6.07) is 7.21. The van der Waals surface area contributed by atoms with Gasteiger partial charge >= 0.3 is 0 Å². The Morgan fingerprint density at radius 1 is 0.773 bits per heavy atom. The lowest BCUT2D eigenvalue weighted by Gasteiger charge is -2.12. The zero-order chi connectivity index (χ0) is 15.3. The summed E-state index contributed by atoms with van der Waals surface area (Å²) in [5, 5.41) is 1.49. The number of carbonyl (C=O) groups is 1. The van der Waals surface area contributed by atoms with E-state index in [0.29, 0.717) is 34.1 Å². The van der Waals surface area contributed by atoms with Gasteiger partial charge in [-0.25, -0.2) is 0 Å². The highest BCUT2D eigenvalue weighted by molar-refractivity contribution is 7.28. The minimum atomic E-state index is -0.181. The molecule has 2 heterocycles. The van der Waals surface area contributed by atoms with Crippen molar-refractivity contribution in [3.63, 3.8) is 0 Å². The van der Waals surface area contributed by atoms with Gasteiger partial charge in [-0.05, 0) is 22.7 Å². The summed E-state index contributed by atoms with van der Waals surface area (Å²) in [4.78, 5) is 13.1. The van der Waals surface area contributed by atoms with Gasteiger partial charge in [0, 0.05) is 0 Å². The lowest BCUT2D eigenvalue weighted by atomic mass is 10.0. The van der Waals surface area contributed by atoms with Gasteiger partial charge in [0.2, 0.25) is 19.4 Å². The Hall–Kier alpha value is -1.83. The number of hydrogen-bond acceptors (Lipinski definition) is 5. The number of fused-ring (bicyclic) bond motifs is 2. The molecule has 0 radical (unpaired) electrons. The Morgan fingerprint density at radius 3 is 1.68 bits per heavy atom. The molecule has 0 saturated heterocycles. The first-order valence-corrected chi connectivity index (χ1v) is 7.73. The summed E-state index contributed by atoms with van der Waals surface area (Å²) < 4.78 is 21.7. The van der Waals surface area contributed by atoms with E-state index in [2.05, 4.69) is 18.5 Å². The van der Waals surface area contributed by atoms with E-state index in [0.717, 1.165) is 10.6 Å². The molecule has 0 amide bonds. The van der Waals surface area contributed by atoms with Crippen molar-refractivity contribution in [2.24, 2.45) is 0 Å². The van der Waals surface area contributed by atoms with Crippen LogP contribution in [-0.2, 0) is 0 Å². The Balaban J connectivity index is 1.91. The van der Waals surface area contributed by atoms with Crippen LogP contribution in [0.3, 0.4) is 0 Å². The van der Waals surface area contributed by atoms with Crippen LogP contribution in [0.4, 0.5) is 0 Å². The van der Waals surface area contributed by atoms with Crippen molar-refractivity contribution in [1.82, 2.24) is 0 Å². The van der Waals surface area contributed by atoms with Crippen molar-refractivity contribution in [2.75, 3.05) is 13.6 Å². The minimum Gasteiger partial charge on any atom is -0.454 e. The van der Waals surface area contributed by atoms with E-state index < -0.39 is 0 Å². The molecule has 0 aromatic heterocycles. The van der Waals surface area contributed by atoms with Crippen LogP contribution in [0.1, 0.15) is 15.9 Å². The number of hydrogen-bond donors (Lipinski definition) is 0. The highest BCUT2D eigenvalue weighted by Gasteiger charge is 2.30. The molecule has 2 unspecified atom stereocenters. The molecule has 2 atom stereocenters. The molecule has 0 aliphatic carbocycles. The Bertz CT molecular complexity index is 738. The van der Waals surface area contributed by atoms with E-state index in [1.54, 1.807) is 12.1 Å². The fraction of sp³-hybridized carbons (Fsp3) is 0.133. The fourth-order valence-electron chi connectivity index (χ4n) is 2.57. The average molecular weight is 334 g/mol. The van der Waals surface area contributed by atoms with E-state index in [9.17, 15) is 4.79 Å². The van der Waals surface area contributed by atoms with Crippen molar-refractivity contribution in [3.8, 4) is 23.0 Å². The van der Waals surface area contributed by atoms with Crippen LogP contribution >= 0.6 is 18.5 Å². The standard InChI is InChI=1S/C15H12O5P2/c16-13(11-9(21)3-1-7-14(11)19-5-17-7)12-10(22)4-2-8-15(12)20-6-18-8/h1-4H,5-6,21-22H2. The summed E-state index contributed by atoms with van der Waals surface area (Å²) >= 11 is 0. The molecule has 2 aromatic carbocycles. The van der Waals surface area contributed by atoms with Crippen molar-refractivity contribution >= 4 is 34.9 Å². The smallest absolute Gasteiger partial charge is 0.231 e. The van der Waals surface area contributed by atoms with Crippen LogP contribution in [0.5, 0.6) is 23.0 Å². The number of ether oxygens (including phenoxy) is 4. The van der Waals surface area contributed by atoms with Crippen LogP contribution in [0, 0.1) is 0 Å². The highest BCUT2D eigenvalue weighted by Crippen LogP contribution is 2.40. The lowest BCUT2D eigenvalue weighted by molar-refractivity contribution is 0.103. The summed E-state index contributed by atoms with van der Waals surface area (Å²) in [5.41, 5.74) is 0.931. The molecule has 2 aliphatic rings. The Kier molecular flexibility index (Phi) is 3.21. The van der Waals surface area contributed by atoms with E-state index >= 15 is 0 Å². The molecule has 112 valence electrons. The van der Waals surface area contributed by atoms with Crippen molar-refractivity contribution in [1.29, 1.82) is 0 Å². The van der Waals surface area contributed by atoms with Gasteiger partial charge in [-0.2, -0.15) is 0 Å². The summed E-state index contributed by atoms with van der Waals surface area (Å²) in [6.07, 6.45) is 0. The monoisotopic (exact) mass is 334 g/mol. The molecule has 2 aromatic rings. The molecule has 7 heteroatoms. The first-order valence-electron chi connectivity index (χ1n) is 6.57. The molecule has 0 N–H and O–H groups in total. The topological polar surface area (TPSA) is 54.0 Å². The fourth-order valence-corrected chi connectivity index (χ4v) is 3.29. The lowest BCUT2D eigenvalue weighted by Crippen LogP contribution is -2.18. The number of benzene rings is 2. The van der Waals surface area contributed by atoms with Gasteiger partial charge in [-0.3, -0.25) is 4.79 Å². The maximum absolute atomic E-state index is 13.1. The normalized spacial score (nSPS) is 14.3. The molecule has 22 heavy (non-hydrogen) atoms. The molecule has 0 spiro atoms. The van der Waals surface area contributed by atoms with Crippen LogP contribution in [0.15, 0.2) is 24.3 Å². The zero-order valence-corrected chi connectivity index (χ0v) is 13.7. The predicted molar refractivity (Wildman–Crippen MR) is 87.3 cm³/mol. The second-order valence-corrected chi connectivity index (χ2v) is 6.10. The molecular formula is C15H12O5P2. The third-order valence-electron chi connectivity index (χ3n) is 3.60. The third-order valence-corrected chi connectivity index (χ3v) is 4.56. The van der Waals surface area contributed by atoms with Crippen LogP contribution in [0.2, 0.25) is 0 Å². The van der Waals surface area contributed by atoms with Crippen LogP contribution in [0.25, 0.3) is 0 Å². The first kappa shape index (κ1) is 13.8. The van der Waals surface area contributed by atoms with E-state index in [4.69, 9.17) is 18.9 Å².